The fraction of sp³-hybridized carbons (Fsp3) is 0.667. The Morgan fingerprint density at radius 3 is 2.73 bits per heavy atom. The van der Waals surface area contributed by atoms with E-state index < -0.39 is 0 Å². The summed E-state index contributed by atoms with van der Waals surface area (Å²) in [6, 6.07) is 0. The Balaban J connectivity index is 2.42. The van der Waals surface area contributed by atoms with Crippen molar-refractivity contribution in [2.24, 2.45) is 11.8 Å². The molecule has 60 valence electrons. The largest absolute Gasteiger partial charge is 0.512 e. The van der Waals surface area contributed by atoms with Crippen molar-refractivity contribution in [3.63, 3.8) is 0 Å². The van der Waals surface area contributed by atoms with Gasteiger partial charge in [-0.1, -0.05) is 0 Å². The SMILES string of the molecule is CC1=C(O)C2CCC(C2)C1=O. The van der Waals surface area contributed by atoms with Crippen LogP contribution in [0.2, 0.25) is 0 Å². The van der Waals surface area contributed by atoms with Gasteiger partial charge < -0.3 is 5.11 Å². The molecule has 0 aromatic carbocycles. The minimum Gasteiger partial charge on any atom is -0.512 e. The Morgan fingerprint density at radius 2 is 2.00 bits per heavy atom. The van der Waals surface area contributed by atoms with Crippen LogP contribution in [0.3, 0.4) is 0 Å². The van der Waals surface area contributed by atoms with Gasteiger partial charge in [-0.25, -0.2) is 0 Å². The van der Waals surface area contributed by atoms with Crippen molar-refractivity contribution in [1.82, 2.24) is 0 Å². The zero-order chi connectivity index (χ0) is 8.01. The summed E-state index contributed by atoms with van der Waals surface area (Å²) in [5, 5.41) is 9.49. The van der Waals surface area contributed by atoms with Crippen LogP contribution in [0.4, 0.5) is 0 Å². The third-order valence-corrected chi connectivity index (χ3v) is 2.94. The number of hydrogen-bond acceptors (Lipinski definition) is 2. The number of allylic oxidation sites excluding steroid dienone is 2. The normalized spacial score (nSPS) is 36.6. The van der Waals surface area contributed by atoms with Crippen molar-refractivity contribution in [3.05, 3.63) is 11.3 Å². The molecule has 2 atom stereocenters. The number of rotatable bonds is 0. The van der Waals surface area contributed by atoms with Crippen molar-refractivity contribution in [3.8, 4) is 0 Å². The molecule has 2 rings (SSSR count). The van der Waals surface area contributed by atoms with Crippen molar-refractivity contribution >= 4 is 5.78 Å². The molecule has 0 aliphatic heterocycles. The van der Waals surface area contributed by atoms with E-state index in [-0.39, 0.29) is 11.7 Å². The smallest absolute Gasteiger partial charge is 0.165 e. The van der Waals surface area contributed by atoms with E-state index in [4.69, 9.17) is 0 Å². The zero-order valence-corrected chi connectivity index (χ0v) is 6.63. The van der Waals surface area contributed by atoms with Crippen LogP contribution in [0.5, 0.6) is 0 Å². The van der Waals surface area contributed by atoms with Gasteiger partial charge in [0.2, 0.25) is 0 Å². The van der Waals surface area contributed by atoms with Crippen LogP contribution in [0.15, 0.2) is 11.3 Å². The van der Waals surface area contributed by atoms with Gasteiger partial charge in [-0.3, -0.25) is 4.79 Å². The van der Waals surface area contributed by atoms with Crippen molar-refractivity contribution in [2.75, 3.05) is 0 Å². The summed E-state index contributed by atoms with van der Waals surface area (Å²) in [6.45, 7) is 1.74. The Bertz CT molecular complexity index is 240. The number of Topliss-reactive ketones (excluding diaryl/α,β-unsaturated/α-hetero) is 1. The highest BCUT2D eigenvalue weighted by atomic mass is 16.3. The lowest BCUT2D eigenvalue weighted by atomic mass is 9.87. The summed E-state index contributed by atoms with van der Waals surface area (Å²) in [5.41, 5.74) is 0.615. The summed E-state index contributed by atoms with van der Waals surface area (Å²) < 4.78 is 0. The number of carbonyl (C=O) groups is 1. The number of hydrogen-bond donors (Lipinski definition) is 1. The quantitative estimate of drug-likeness (QED) is 0.574. The fourth-order valence-corrected chi connectivity index (χ4v) is 2.21. The van der Waals surface area contributed by atoms with Crippen LogP contribution >= 0.6 is 0 Å². The molecule has 1 fully saturated rings. The van der Waals surface area contributed by atoms with Gasteiger partial charge in [0.25, 0.3) is 0 Å². The van der Waals surface area contributed by atoms with Crippen molar-refractivity contribution in [2.45, 2.75) is 26.2 Å². The first-order valence-corrected chi connectivity index (χ1v) is 4.14. The van der Waals surface area contributed by atoms with E-state index in [0.29, 0.717) is 17.3 Å². The van der Waals surface area contributed by atoms with Gasteiger partial charge in [-0.15, -0.1) is 0 Å². The summed E-state index contributed by atoms with van der Waals surface area (Å²) in [4.78, 5) is 11.4. The van der Waals surface area contributed by atoms with E-state index in [2.05, 4.69) is 0 Å². The Hall–Kier alpha value is -0.790. The van der Waals surface area contributed by atoms with Gasteiger partial charge in [-0.2, -0.15) is 0 Å². The fourth-order valence-electron chi connectivity index (χ4n) is 2.21. The number of carbonyl (C=O) groups excluding carboxylic acids is 1. The molecular weight excluding hydrogens is 140 g/mol. The molecular formula is C9H12O2. The van der Waals surface area contributed by atoms with E-state index in [1.807, 2.05) is 0 Å². The second-order valence-electron chi connectivity index (χ2n) is 3.58. The molecule has 1 saturated carbocycles. The molecule has 2 bridgehead atoms. The maximum Gasteiger partial charge on any atom is 0.165 e. The van der Waals surface area contributed by atoms with Gasteiger partial charge in [0, 0.05) is 17.4 Å². The van der Waals surface area contributed by atoms with Gasteiger partial charge >= 0.3 is 0 Å². The Morgan fingerprint density at radius 1 is 1.36 bits per heavy atom. The average Bonchev–Trinajstić information content (AvgIpc) is 2.44. The van der Waals surface area contributed by atoms with Crippen LogP contribution in [-0.4, -0.2) is 10.9 Å². The predicted molar refractivity (Wildman–Crippen MR) is 41.2 cm³/mol. The molecule has 1 N–H and O–H groups in total. The molecule has 0 aromatic rings. The summed E-state index contributed by atoms with van der Waals surface area (Å²) in [6.07, 6.45) is 2.87. The van der Waals surface area contributed by atoms with Gasteiger partial charge in [0.15, 0.2) is 5.78 Å². The third kappa shape index (κ3) is 0.817. The number of aliphatic hydroxyl groups excluding tert-OH is 1. The first-order valence-electron chi connectivity index (χ1n) is 4.14. The lowest BCUT2D eigenvalue weighted by Gasteiger charge is -2.18. The Kier molecular flexibility index (Phi) is 1.31. The predicted octanol–water partition coefficient (Wildman–Crippen LogP) is 1.82. The van der Waals surface area contributed by atoms with E-state index in [1.165, 1.54) is 0 Å². The molecule has 0 spiro atoms. The minimum absolute atomic E-state index is 0.177. The second kappa shape index (κ2) is 2.10. The second-order valence-corrected chi connectivity index (χ2v) is 3.58. The molecule has 0 aromatic heterocycles. The molecule has 0 saturated heterocycles. The molecule has 0 amide bonds. The standard InChI is InChI=1S/C9H12O2/c1-5-8(10)6-2-3-7(4-6)9(5)11/h6-7,10H,2-4H2,1H3. The van der Waals surface area contributed by atoms with E-state index in [1.54, 1.807) is 6.92 Å². The molecule has 0 radical (unpaired) electrons. The van der Waals surface area contributed by atoms with Crippen LogP contribution in [0.1, 0.15) is 26.2 Å². The van der Waals surface area contributed by atoms with E-state index >= 15 is 0 Å². The van der Waals surface area contributed by atoms with E-state index in [9.17, 15) is 9.90 Å². The highest BCUT2D eigenvalue weighted by Gasteiger charge is 2.38. The maximum absolute atomic E-state index is 11.4. The van der Waals surface area contributed by atoms with Crippen molar-refractivity contribution in [1.29, 1.82) is 0 Å². The van der Waals surface area contributed by atoms with Crippen molar-refractivity contribution < 1.29 is 9.90 Å². The van der Waals surface area contributed by atoms with Gasteiger partial charge in [-0.05, 0) is 26.2 Å². The molecule has 2 aliphatic carbocycles. The van der Waals surface area contributed by atoms with Crippen LogP contribution in [0.25, 0.3) is 0 Å². The highest BCUT2D eigenvalue weighted by molar-refractivity contribution is 5.98. The molecule has 2 heteroatoms. The van der Waals surface area contributed by atoms with Crippen LogP contribution < -0.4 is 0 Å². The van der Waals surface area contributed by atoms with Crippen LogP contribution in [-0.2, 0) is 4.79 Å². The first-order chi connectivity index (χ1) is 5.20. The number of fused-ring (bicyclic) bond motifs is 2. The lowest BCUT2D eigenvalue weighted by Crippen LogP contribution is -2.20. The number of aliphatic hydroxyl groups is 1. The molecule has 2 unspecified atom stereocenters. The lowest BCUT2D eigenvalue weighted by molar-refractivity contribution is -0.119. The highest BCUT2D eigenvalue weighted by Crippen LogP contribution is 2.41. The maximum atomic E-state index is 11.4. The molecule has 0 heterocycles. The first kappa shape index (κ1) is 6.89. The van der Waals surface area contributed by atoms with Gasteiger partial charge in [0.1, 0.15) is 5.76 Å². The Labute approximate surface area is 65.9 Å². The minimum atomic E-state index is 0.177. The molecule has 2 aliphatic rings. The molecule has 11 heavy (non-hydrogen) atoms. The summed E-state index contributed by atoms with van der Waals surface area (Å²) in [7, 11) is 0. The van der Waals surface area contributed by atoms with Gasteiger partial charge in [0.05, 0.1) is 0 Å². The average molecular weight is 152 g/mol. The number of ketones is 1. The summed E-state index contributed by atoms with van der Waals surface area (Å²) >= 11 is 0. The summed E-state index contributed by atoms with van der Waals surface area (Å²) in [5.74, 6) is 1.08. The van der Waals surface area contributed by atoms with E-state index in [0.717, 1.165) is 19.3 Å². The third-order valence-electron chi connectivity index (χ3n) is 2.94. The van der Waals surface area contributed by atoms with Crippen LogP contribution in [0, 0.1) is 11.8 Å². The zero-order valence-electron chi connectivity index (χ0n) is 6.63. The topological polar surface area (TPSA) is 37.3 Å². The monoisotopic (exact) mass is 152 g/mol. The molecule has 2 nitrogen and oxygen atoms in total.